The number of fused-ring (bicyclic) bond motifs is 1. The molecule has 2 nitrogen and oxygen atoms in total. The Bertz CT molecular complexity index is 612. The molecule has 1 unspecified atom stereocenters. The molecule has 0 aliphatic heterocycles. The fourth-order valence-electron chi connectivity index (χ4n) is 2.96. The first kappa shape index (κ1) is 14.7. The molecule has 0 amide bonds. The summed E-state index contributed by atoms with van der Waals surface area (Å²) in [4.78, 5) is 2.67. The van der Waals surface area contributed by atoms with Gasteiger partial charge in [0.15, 0.2) is 0 Å². The van der Waals surface area contributed by atoms with Crippen molar-refractivity contribution >= 4 is 11.3 Å². The molecule has 0 saturated heterocycles. The lowest BCUT2D eigenvalue weighted by Crippen LogP contribution is -2.28. The molecule has 1 heterocycles. The minimum Gasteiger partial charge on any atom is -0.271 e. The highest BCUT2D eigenvalue weighted by Crippen LogP contribution is 2.34. The van der Waals surface area contributed by atoms with Crippen molar-refractivity contribution in [1.29, 1.82) is 0 Å². The third kappa shape index (κ3) is 3.03. The Morgan fingerprint density at radius 1 is 1.19 bits per heavy atom. The van der Waals surface area contributed by atoms with E-state index in [-0.39, 0.29) is 11.9 Å². The maximum atomic E-state index is 13.8. The van der Waals surface area contributed by atoms with Gasteiger partial charge in [0.1, 0.15) is 5.82 Å². The van der Waals surface area contributed by atoms with Crippen LogP contribution in [0.5, 0.6) is 0 Å². The third-order valence-electron chi connectivity index (χ3n) is 4.25. The first-order chi connectivity index (χ1) is 10.2. The van der Waals surface area contributed by atoms with Crippen LogP contribution in [0.2, 0.25) is 0 Å². The van der Waals surface area contributed by atoms with Crippen molar-refractivity contribution in [3.8, 4) is 0 Å². The van der Waals surface area contributed by atoms with E-state index in [1.54, 1.807) is 13.0 Å². The van der Waals surface area contributed by atoms with Crippen molar-refractivity contribution in [3.63, 3.8) is 0 Å². The molecule has 1 aliphatic rings. The zero-order valence-corrected chi connectivity index (χ0v) is 13.1. The van der Waals surface area contributed by atoms with Crippen molar-refractivity contribution in [2.24, 2.45) is 5.84 Å². The van der Waals surface area contributed by atoms with E-state index in [4.69, 9.17) is 5.84 Å². The lowest BCUT2D eigenvalue weighted by Gasteiger charge is -2.15. The summed E-state index contributed by atoms with van der Waals surface area (Å²) in [5.41, 5.74) is 5.86. The summed E-state index contributed by atoms with van der Waals surface area (Å²) < 4.78 is 13.8. The molecular weight excluding hydrogens is 283 g/mol. The molecule has 0 saturated carbocycles. The minimum atomic E-state index is -0.175. The summed E-state index contributed by atoms with van der Waals surface area (Å²) in [5, 5.41) is 0. The molecule has 0 spiro atoms. The zero-order valence-electron chi connectivity index (χ0n) is 12.3. The van der Waals surface area contributed by atoms with Gasteiger partial charge in [-0.2, -0.15) is 0 Å². The number of benzene rings is 1. The van der Waals surface area contributed by atoms with Gasteiger partial charge in [-0.3, -0.25) is 5.84 Å². The molecule has 3 N–H and O–H groups in total. The summed E-state index contributed by atoms with van der Waals surface area (Å²) >= 11 is 1.82. The van der Waals surface area contributed by atoms with Crippen molar-refractivity contribution in [1.82, 2.24) is 5.43 Å². The van der Waals surface area contributed by atoms with Crippen LogP contribution in [-0.4, -0.2) is 0 Å². The number of rotatable bonds is 3. The highest BCUT2D eigenvalue weighted by molar-refractivity contribution is 7.12. The van der Waals surface area contributed by atoms with Gasteiger partial charge in [-0.1, -0.05) is 18.6 Å². The van der Waals surface area contributed by atoms with Gasteiger partial charge in [-0.25, -0.2) is 9.82 Å². The number of halogens is 1. The summed E-state index contributed by atoms with van der Waals surface area (Å²) in [6.07, 6.45) is 6.18. The van der Waals surface area contributed by atoms with Gasteiger partial charge in [-0.05, 0) is 61.4 Å². The van der Waals surface area contributed by atoms with E-state index in [2.05, 4.69) is 11.5 Å². The normalized spacial score (nSPS) is 16.3. The molecule has 2 aromatic rings. The van der Waals surface area contributed by atoms with Gasteiger partial charge in [0.2, 0.25) is 0 Å². The first-order valence-corrected chi connectivity index (χ1v) is 8.34. The van der Waals surface area contributed by atoms with E-state index in [9.17, 15) is 4.39 Å². The molecule has 1 aromatic carbocycles. The van der Waals surface area contributed by atoms with Crippen LogP contribution >= 0.6 is 11.3 Å². The Balaban J connectivity index is 1.94. The molecule has 1 atom stereocenters. The van der Waals surface area contributed by atoms with Gasteiger partial charge in [0.25, 0.3) is 0 Å². The van der Waals surface area contributed by atoms with Gasteiger partial charge in [0, 0.05) is 9.75 Å². The van der Waals surface area contributed by atoms with E-state index in [1.165, 1.54) is 41.0 Å². The second-order valence-corrected chi connectivity index (χ2v) is 6.93. The number of hydrazine groups is 1. The molecule has 1 aromatic heterocycles. The molecular formula is C17H21FN2S. The third-order valence-corrected chi connectivity index (χ3v) is 5.55. The van der Waals surface area contributed by atoms with Crippen LogP contribution in [0.3, 0.4) is 0 Å². The van der Waals surface area contributed by atoms with Crippen LogP contribution in [0.1, 0.15) is 51.7 Å². The summed E-state index contributed by atoms with van der Waals surface area (Å²) in [6, 6.07) is 7.48. The average Bonchev–Trinajstić information content (AvgIpc) is 2.74. The number of hydrogen-bond donors (Lipinski definition) is 2. The highest BCUT2D eigenvalue weighted by Gasteiger charge is 2.19. The monoisotopic (exact) mass is 304 g/mol. The molecule has 0 radical (unpaired) electrons. The van der Waals surface area contributed by atoms with Crippen LogP contribution in [0, 0.1) is 12.7 Å². The molecule has 4 heteroatoms. The Hall–Kier alpha value is -1.23. The fraction of sp³-hybridized carbons (Fsp3) is 0.412. The number of aryl methyl sites for hydroxylation is 3. The molecule has 21 heavy (non-hydrogen) atoms. The Kier molecular flexibility index (Phi) is 4.38. The SMILES string of the molecule is Cc1ccc(C(NN)c2cc3c(s2)CCCCC3)cc1F. The largest absolute Gasteiger partial charge is 0.271 e. The van der Waals surface area contributed by atoms with Crippen molar-refractivity contribution in [2.75, 3.05) is 0 Å². The maximum absolute atomic E-state index is 13.8. The topological polar surface area (TPSA) is 38.0 Å². The summed E-state index contributed by atoms with van der Waals surface area (Å²) in [5.74, 6) is 5.57. The van der Waals surface area contributed by atoms with Crippen LogP contribution in [0.15, 0.2) is 24.3 Å². The number of nitrogens with two attached hydrogens (primary N) is 1. The molecule has 0 fully saturated rings. The van der Waals surface area contributed by atoms with Gasteiger partial charge < -0.3 is 0 Å². The maximum Gasteiger partial charge on any atom is 0.126 e. The van der Waals surface area contributed by atoms with Crippen molar-refractivity contribution < 1.29 is 4.39 Å². The highest BCUT2D eigenvalue weighted by atomic mass is 32.1. The number of hydrogen-bond acceptors (Lipinski definition) is 3. The quantitative estimate of drug-likeness (QED) is 0.511. The van der Waals surface area contributed by atoms with Gasteiger partial charge in [0.05, 0.1) is 6.04 Å². The zero-order chi connectivity index (χ0) is 14.8. The molecule has 112 valence electrons. The number of thiophene rings is 1. The lowest BCUT2D eigenvalue weighted by atomic mass is 10.0. The van der Waals surface area contributed by atoms with E-state index in [0.717, 1.165) is 12.0 Å². The van der Waals surface area contributed by atoms with Crippen molar-refractivity contribution in [2.45, 2.75) is 45.1 Å². The Labute approximate surface area is 129 Å². The van der Waals surface area contributed by atoms with Crippen LogP contribution in [0.4, 0.5) is 4.39 Å². The predicted octanol–water partition coefficient (Wildman–Crippen LogP) is 4.02. The smallest absolute Gasteiger partial charge is 0.126 e. The first-order valence-electron chi connectivity index (χ1n) is 7.52. The standard InChI is InChI=1S/C17H21FN2S/c1-11-7-8-13(9-14(11)18)17(20-19)16-10-12-5-3-2-4-6-15(12)21-16/h7-10,17,20H,2-6,19H2,1H3. The fourth-order valence-corrected chi connectivity index (χ4v) is 4.31. The van der Waals surface area contributed by atoms with Crippen LogP contribution < -0.4 is 11.3 Å². The summed E-state index contributed by atoms with van der Waals surface area (Å²) in [7, 11) is 0. The van der Waals surface area contributed by atoms with E-state index in [1.807, 2.05) is 23.5 Å². The van der Waals surface area contributed by atoms with Gasteiger partial charge >= 0.3 is 0 Å². The predicted molar refractivity (Wildman–Crippen MR) is 85.9 cm³/mol. The van der Waals surface area contributed by atoms with Crippen LogP contribution in [0.25, 0.3) is 0 Å². The Morgan fingerprint density at radius 3 is 2.76 bits per heavy atom. The number of nitrogens with one attached hydrogen (secondary N) is 1. The van der Waals surface area contributed by atoms with E-state index >= 15 is 0 Å². The molecule has 1 aliphatic carbocycles. The second kappa shape index (κ2) is 6.26. The van der Waals surface area contributed by atoms with Crippen molar-refractivity contribution in [3.05, 3.63) is 56.5 Å². The van der Waals surface area contributed by atoms with Gasteiger partial charge in [-0.15, -0.1) is 11.3 Å². The van der Waals surface area contributed by atoms with Crippen LogP contribution in [-0.2, 0) is 12.8 Å². The second-order valence-electron chi connectivity index (χ2n) is 5.77. The van der Waals surface area contributed by atoms with E-state index in [0.29, 0.717) is 5.56 Å². The summed E-state index contributed by atoms with van der Waals surface area (Å²) in [6.45, 7) is 1.78. The Morgan fingerprint density at radius 2 is 2.00 bits per heavy atom. The molecule has 3 rings (SSSR count). The lowest BCUT2D eigenvalue weighted by molar-refractivity contribution is 0.601. The minimum absolute atomic E-state index is 0.128. The van der Waals surface area contributed by atoms with E-state index < -0.39 is 0 Å². The molecule has 0 bridgehead atoms. The average molecular weight is 304 g/mol.